The Kier molecular flexibility index (Phi) is 4.68. The van der Waals surface area contributed by atoms with Gasteiger partial charge in [0.1, 0.15) is 5.82 Å². The second-order valence-corrected chi connectivity index (χ2v) is 3.25. The number of benzene rings is 1. The molecule has 0 radical (unpaired) electrons. The monoisotopic (exact) mass is 225 g/mol. The molecule has 5 heteroatoms. The van der Waals surface area contributed by atoms with Gasteiger partial charge in [-0.05, 0) is 24.1 Å². The molecule has 0 aliphatic heterocycles. The van der Waals surface area contributed by atoms with Gasteiger partial charge in [-0.2, -0.15) is 0 Å². The van der Waals surface area contributed by atoms with Crippen LogP contribution in [0, 0.1) is 5.82 Å². The molecule has 0 aliphatic rings. The second-order valence-electron chi connectivity index (χ2n) is 2.81. The van der Waals surface area contributed by atoms with Gasteiger partial charge in [-0.25, -0.2) is 4.39 Å². The molecule has 3 nitrogen and oxygen atoms in total. The van der Waals surface area contributed by atoms with Crippen LogP contribution in [0.3, 0.4) is 0 Å². The molecular formula is C10H9ClFN3. The van der Waals surface area contributed by atoms with E-state index in [0.717, 1.165) is 0 Å². The molecule has 0 aliphatic carbocycles. The molecule has 0 spiro atoms. The summed E-state index contributed by atoms with van der Waals surface area (Å²) in [5, 5.41) is 3.73. The molecule has 1 aromatic carbocycles. The molecule has 1 rings (SSSR count). The van der Waals surface area contributed by atoms with Crippen molar-refractivity contribution in [3.63, 3.8) is 0 Å². The number of hydrogen-bond donors (Lipinski definition) is 0. The van der Waals surface area contributed by atoms with Crippen LogP contribution in [0.4, 0.5) is 4.39 Å². The van der Waals surface area contributed by atoms with Gasteiger partial charge in [0.25, 0.3) is 0 Å². The minimum absolute atomic E-state index is 0.359. The largest absolute Gasteiger partial charge is 0.206 e. The summed E-state index contributed by atoms with van der Waals surface area (Å²) < 4.78 is 13.2. The van der Waals surface area contributed by atoms with E-state index in [1.165, 1.54) is 6.07 Å². The van der Waals surface area contributed by atoms with Gasteiger partial charge in [-0.1, -0.05) is 34.9 Å². The van der Waals surface area contributed by atoms with E-state index < -0.39 is 0 Å². The molecular weight excluding hydrogens is 217 g/mol. The maximum Gasteiger partial charge on any atom is 0.131 e. The van der Waals surface area contributed by atoms with Crippen LogP contribution in [-0.2, 0) is 0 Å². The van der Waals surface area contributed by atoms with E-state index in [0.29, 0.717) is 23.6 Å². The molecule has 15 heavy (non-hydrogen) atoms. The van der Waals surface area contributed by atoms with E-state index in [2.05, 4.69) is 10.0 Å². The number of hydrogen-bond acceptors (Lipinski definition) is 1. The van der Waals surface area contributed by atoms with Crippen molar-refractivity contribution in [2.75, 3.05) is 6.54 Å². The average molecular weight is 226 g/mol. The summed E-state index contributed by atoms with van der Waals surface area (Å²) in [5.74, 6) is -0.359. The zero-order chi connectivity index (χ0) is 11.1. The minimum atomic E-state index is -0.359. The van der Waals surface area contributed by atoms with E-state index in [-0.39, 0.29) is 5.82 Å². The third kappa shape index (κ3) is 4.02. The molecule has 0 saturated carbocycles. The fourth-order valence-electron chi connectivity index (χ4n) is 1.02. The molecule has 0 heterocycles. The zero-order valence-electron chi connectivity index (χ0n) is 7.90. The minimum Gasteiger partial charge on any atom is -0.206 e. The first-order chi connectivity index (χ1) is 7.24. The Morgan fingerprint density at radius 3 is 3.00 bits per heavy atom. The van der Waals surface area contributed by atoms with Crippen molar-refractivity contribution in [2.45, 2.75) is 6.42 Å². The summed E-state index contributed by atoms with van der Waals surface area (Å²) in [6.07, 6.45) is 3.98. The molecule has 1 aromatic rings. The first-order valence-electron chi connectivity index (χ1n) is 4.36. The van der Waals surface area contributed by atoms with Crippen LogP contribution in [0.5, 0.6) is 0 Å². The van der Waals surface area contributed by atoms with Gasteiger partial charge in [0, 0.05) is 22.0 Å². The van der Waals surface area contributed by atoms with Crippen molar-refractivity contribution in [1.29, 1.82) is 0 Å². The SMILES string of the molecule is [N-]=[N+]=NCCC=Cc1ccc(Cl)cc1F. The van der Waals surface area contributed by atoms with Gasteiger partial charge in [0.2, 0.25) is 0 Å². The lowest BCUT2D eigenvalue weighted by Gasteiger charge is -1.96. The molecule has 0 N–H and O–H groups in total. The molecule has 0 unspecified atom stereocenters. The van der Waals surface area contributed by atoms with Gasteiger partial charge in [0.15, 0.2) is 0 Å². The number of nitrogens with zero attached hydrogens (tertiary/aromatic N) is 3. The van der Waals surface area contributed by atoms with Crippen molar-refractivity contribution < 1.29 is 4.39 Å². The standard InChI is InChI=1S/C10H9ClFN3/c11-9-5-4-8(10(12)7-9)3-1-2-6-14-15-13/h1,3-5,7H,2,6H2. The average Bonchev–Trinajstić information content (AvgIpc) is 2.20. The van der Waals surface area contributed by atoms with E-state index >= 15 is 0 Å². The van der Waals surface area contributed by atoms with Crippen molar-refractivity contribution >= 4 is 17.7 Å². The first kappa shape index (κ1) is 11.6. The highest BCUT2D eigenvalue weighted by molar-refractivity contribution is 6.30. The normalized spacial score (nSPS) is 10.3. The van der Waals surface area contributed by atoms with Crippen LogP contribution in [-0.4, -0.2) is 6.54 Å². The van der Waals surface area contributed by atoms with Gasteiger partial charge in [-0.15, -0.1) is 0 Å². The summed E-state index contributed by atoms with van der Waals surface area (Å²) in [7, 11) is 0. The highest BCUT2D eigenvalue weighted by Crippen LogP contribution is 2.15. The quantitative estimate of drug-likeness (QED) is 0.319. The Hall–Kier alpha value is -1.51. The van der Waals surface area contributed by atoms with E-state index in [4.69, 9.17) is 17.1 Å². The predicted octanol–water partition coefficient (Wildman–Crippen LogP) is 4.19. The molecule has 0 fully saturated rings. The number of halogens is 2. The van der Waals surface area contributed by atoms with Crippen molar-refractivity contribution in [1.82, 2.24) is 0 Å². The van der Waals surface area contributed by atoms with Gasteiger partial charge < -0.3 is 0 Å². The van der Waals surface area contributed by atoms with Gasteiger partial charge in [0.05, 0.1) is 0 Å². The second kappa shape index (κ2) is 6.06. The first-order valence-corrected chi connectivity index (χ1v) is 4.74. The molecule has 0 bridgehead atoms. The fourth-order valence-corrected chi connectivity index (χ4v) is 1.18. The number of rotatable bonds is 4. The molecule has 78 valence electrons. The van der Waals surface area contributed by atoms with Gasteiger partial charge >= 0.3 is 0 Å². The van der Waals surface area contributed by atoms with Crippen LogP contribution < -0.4 is 0 Å². The molecule has 0 amide bonds. The van der Waals surface area contributed by atoms with Crippen LogP contribution in [0.25, 0.3) is 16.5 Å². The topological polar surface area (TPSA) is 48.8 Å². The van der Waals surface area contributed by atoms with E-state index in [1.807, 2.05) is 0 Å². The Morgan fingerprint density at radius 1 is 1.53 bits per heavy atom. The van der Waals surface area contributed by atoms with Crippen molar-refractivity contribution in [3.05, 3.63) is 51.1 Å². The van der Waals surface area contributed by atoms with Crippen LogP contribution >= 0.6 is 11.6 Å². The summed E-state index contributed by atoms with van der Waals surface area (Å²) in [6, 6.07) is 4.48. The number of azide groups is 1. The Balaban J connectivity index is 2.60. The highest BCUT2D eigenvalue weighted by Gasteiger charge is 1.97. The Morgan fingerprint density at radius 2 is 2.33 bits per heavy atom. The lowest BCUT2D eigenvalue weighted by atomic mass is 10.2. The smallest absolute Gasteiger partial charge is 0.131 e. The van der Waals surface area contributed by atoms with E-state index in [1.54, 1.807) is 24.3 Å². The maximum absolute atomic E-state index is 13.2. The third-order valence-electron chi connectivity index (χ3n) is 1.72. The Bertz CT molecular complexity index is 411. The summed E-state index contributed by atoms with van der Waals surface area (Å²) in [6.45, 7) is 0.377. The molecule has 0 atom stereocenters. The summed E-state index contributed by atoms with van der Waals surface area (Å²) in [4.78, 5) is 2.61. The molecule has 0 aromatic heterocycles. The predicted molar refractivity (Wildman–Crippen MR) is 59.1 cm³/mol. The van der Waals surface area contributed by atoms with Crippen LogP contribution in [0.1, 0.15) is 12.0 Å². The van der Waals surface area contributed by atoms with E-state index in [9.17, 15) is 4.39 Å². The summed E-state index contributed by atoms with van der Waals surface area (Å²) >= 11 is 5.60. The lowest BCUT2D eigenvalue weighted by molar-refractivity contribution is 0.625. The third-order valence-corrected chi connectivity index (χ3v) is 1.95. The highest BCUT2D eigenvalue weighted by atomic mass is 35.5. The van der Waals surface area contributed by atoms with Gasteiger partial charge in [-0.3, -0.25) is 0 Å². The Labute approximate surface area is 91.8 Å². The summed E-state index contributed by atoms with van der Waals surface area (Å²) in [5.41, 5.74) is 8.49. The maximum atomic E-state index is 13.2. The van der Waals surface area contributed by atoms with Crippen LogP contribution in [0.15, 0.2) is 29.4 Å². The zero-order valence-corrected chi connectivity index (χ0v) is 8.65. The van der Waals surface area contributed by atoms with Crippen LogP contribution in [0.2, 0.25) is 5.02 Å². The van der Waals surface area contributed by atoms with Crippen molar-refractivity contribution in [2.24, 2.45) is 5.11 Å². The fraction of sp³-hybridized carbons (Fsp3) is 0.200. The lowest BCUT2D eigenvalue weighted by Crippen LogP contribution is -1.81. The molecule has 0 saturated heterocycles. The van der Waals surface area contributed by atoms with Crippen molar-refractivity contribution in [3.8, 4) is 0 Å².